The molecule has 0 N–H and O–H groups in total. The van der Waals surface area contributed by atoms with Crippen LogP contribution in [0.3, 0.4) is 0 Å². The molecular weight excluding hydrogens is 219 g/mol. The fraction of sp³-hybridized carbons (Fsp3) is 0.786. The number of allylic oxidation sites excluding steroid dienone is 2. The fourth-order valence-electron chi connectivity index (χ4n) is 3.24. The fourth-order valence-corrected chi connectivity index (χ4v) is 3.24. The molecule has 0 bridgehead atoms. The highest BCUT2D eigenvalue weighted by Gasteiger charge is 2.31. The molecule has 0 aromatic heterocycles. The van der Waals surface area contributed by atoms with E-state index < -0.39 is 0 Å². The Bertz CT molecular complexity index is 303. The lowest BCUT2D eigenvalue weighted by Crippen LogP contribution is -2.27. The Kier molecular flexibility index (Phi) is 4.19. The Morgan fingerprint density at radius 1 is 1.24 bits per heavy atom. The van der Waals surface area contributed by atoms with Gasteiger partial charge in [-0.15, -0.1) is 0 Å². The number of carbonyl (C=O) groups is 1. The topological polar surface area (TPSA) is 26.3 Å². The van der Waals surface area contributed by atoms with E-state index >= 15 is 0 Å². The summed E-state index contributed by atoms with van der Waals surface area (Å²) in [5, 5.41) is 0. The van der Waals surface area contributed by atoms with E-state index in [1.807, 2.05) is 0 Å². The number of ether oxygens (including phenoxy) is 1. The Balaban J connectivity index is 1.81. The minimum Gasteiger partial charge on any atom is -0.469 e. The van der Waals surface area contributed by atoms with Crippen LogP contribution in [-0.2, 0) is 9.53 Å². The number of hydrogen-bond donors (Lipinski definition) is 0. The third-order valence-corrected chi connectivity index (χ3v) is 4.37. The first kappa shape index (κ1) is 12.6. The molecule has 0 saturated heterocycles. The second kappa shape index (κ2) is 5.65. The maximum atomic E-state index is 12.9. The average molecular weight is 240 g/mol. The molecule has 2 nitrogen and oxygen atoms in total. The number of hydrogen-bond acceptors (Lipinski definition) is 2. The van der Waals surface area contributed by atoms with Crippen molar-refractivity contribution in [1.29, 1.82) is 0 Å². The second-order valence-corrected chi connectivity index (χ2v) is 5.32. The molecule has 0 radical (unpaired) electrons. The largest absolute Gasteiger partial charge is 0.469 e. The highest BCUT2D eigenvalue weighted by Crippen LogP contribution is 2.39. The lowest BCUT2D eigenvalue weighted by molar-refractivity contribution is -0.147. The Hall–Kier alpha value is -0.860. The van der Waals surface area contributed by atoms with E-state index in [2.05, 4.69) is 0 Å². The van der Waals surface area contributed by atoms with E-state index in [0.717, 1.165) is 38.5 Å². The summed E-state index contributed by atoms with van der Waals surface area (Å²) in [5.74, 6) is 1.42. The molecule has 1 unspecified atom stereocenters. The summed E-state index contributed by atoms with van der Waals surface area (Å²) in [7, 11) is 1.46. The second-order valence-electron chi connectivity index (χ2n) is 5.32. The van der Waals surface area contributed by atoms with Crippen molar-refractivity contribution < 1.29 is 13.9 Å². The van der Waals surface area contributed by atoms with Gasteiger partial charge >= 0.3 is 5.97 Å². The van der Waals surface area contributed by atoms with Gasteiger partial charge in [0.25, 0.3) is 0 Å². The molecular formula is C14H21FO2. The van der Waals surface area contributed by atoms with Crippen LogP contribution in [0.25, 0.3) is 0 Å². The monoisotopic (exact) mass is 240 g/mol. The summed E-state index contributed by atoms with van der Waals surface area (Å²) in [6, 6.07) is 0. The molecule has 1 saturated carbocycles. The molecule has 0 heterocycles. The van der Waals surface area contributed by atoms with Gasteiger partial charge in [-0.2, -0.15) is 0 Å². The van der Waals surface area contributed by atoms with Crippen molar-refractivity contribution in [1.82, 2.24) is 0 Å². The van der Waals surface area contributed by atoms with E-state index in [0.29, 0.717) is 18.3 Å². The van der Waals surface area contributed by atoms with Crippen LogP contribution in [0.1, 0.15) is 44.9 Å². The maximum absolute atomic E-state index is 12.9. The van der Waals surface area contributed by atoms with E-state index in [-0.39, 0.29) is 17.7 Å². The van der Waals surface area contributed by atoms with Gasteiger partial charge in [0.15, 0.2) is 0 Å². The van der Waals surface area contributed by atoms with Crippen molar-refractivity contribution in [2.75, 3.05) is 7.11 Å². The predicted octanol–water partition coefficient (Wildman–Crippen LogP) is 3.62. The molecule has 96 valence electrons. The zero-order valence-corrected chi connectivity index (χ0v) is 10.5. The van der Waals surface area contributed by atoms with Gasteiger partial charge in [0, 0.05) is 0 Å². The zero-order chi connectivity index (χ0) is 12.3. The molecule has 0 amide bonds. The lowest BCUT2D eigenvalue weighted by atomic mass is 9.72. The smallest absolute Gasteiger partial charge is 0.308 e. The lowest BCUT2D eigenvalue weighted by Gasteiger charge is -2.33. The minimum atomic E-state index is -0.0574. The average Bonchev–Trinajstić information content (AvgIpc) is 2.39. The molecule has 1 atom stereocenters. The quantitative estimate of drug-likeness (QED) is 0.689. The van der Waals surface area contributed by atoms with Crippen molar-refractivity contribution in [3.8, 4) is 0 Å². The Morgan fingerprint density at radius 3 is 2.47 bits per heavy atom. The predicted molar refractivity (Wildman–Crippen MR) is 64.0 cm³/mol. The van der Waals surface area contributed by atoms with Crippen LogP contribution in [0.15, 0.2) is 11.9 Å². The van der Waals surface area contributed by atoms with Crippen LogP contribution < -0.4 is 0 Å². The summed E-state index contributed by atoms with van der Waals surface area (Å²) < 4.78 is 17.7. The van der Waals surface area contributed by atoms with Gasteiger partial charge in [-0.05, 0) is 56.8 Å². The third-order valence-electron chi connectivity index (χ3n) is 4.37. The van der Waals surface area contributed by atoms with Crippen LogP contribution in [0, 0.1) is 17.8 Å². The van der Waals surface area contributed by atoms with E-state index in [1.165, 1.54) is 7.11 Å². The van der Waals surface area contributed by atoms with Crippen LogP contribution >= 0.6 is 0 Å². The summed E-state index contributed by atoms with van der Waals surface area (Å²) >= 11 is 0. The van der Waals surface area contributed by atoms with Gasteiger partial charge in [0.2, 0.25) is 0 Å². The SMILES string of the molecule is COC(=O)[C@H]1CC[C@H](C2CC=C(F)CC2)CC1. The highest BCUT2D eigenvalue weighted by molar-refractivity contribution is 5.72. The molecule has 0 aromatic rings. The molecule has 17 heavy (non-hydrogen) atoms. The van der Waals surface area contributed by atoms with Gasteiger partial charge in [-0.1, -0.05) is 6.08 Å². The number of carbonyl (C=O) groups excluding carboxylic acids is 1. The molecule has 2 aliphatic carbocycles. The number of esters is 1. The van der Waals surface area contributed by atoms with Crippen LogP contribution in [0.4, 0.5) is 4.39 Å². The van der Waals surface area contributed by atoms with Crippen LogP contribution in [0.5, 0.6) is 0 Å². The standard InChI is InChI=1S/C14H21FO2/c1-17-14(16)12-4-2-10(3-5-12)11-6-8-13(15)9-7-11/h8,10-12H,2-7,9H2,1H3/t10-,11?,12-. The molecule has 0 spiro atoms. The van der Waals surface area contributed by atoms with Crippen molar-refractivity contribution in [3.63, 3.8) is 0 Å². The maximum Gasteiger partial charge on any atom is 0.308 e. The van der Waals surface area contributed by atoms with Gasteiger partial charge in [0.05, 0.1) is 18.9 Å². The van der Waals surface area contributed by atoms with Crippen molar-refractivity contribution in [3.05, 3.63) is 11.9 Å². The van der Waals surface area contributed by atoms with Gasteiger partial charge in [0.1, 0.15) is 0 Å². The van der Waals surface area contributed by atoms with Crippen LogP contribution in [0.2, 0.25) is 0 Å². The molecule has 3 heteroatoms. The molecule has 0 aromatic carbocycles. The van der Waals surface area contributed by atoms with E-state index in [1.54, 1.807) is 6.08 Å². The number of halogens is 1. The van der Waals surface area contributed by atoms with E-state index in [4.69, 9.17) is 4.74 Å². The Labute approximate surface area is 102 Å². The highest BCUT2D eigenvalue weighted by atomic mass is 19.1. The van der Waals surface area contributed by atoms with Crippen molar-refractivity contribution >= 4 is 5.97 Å². The summed E-state index contributed by atoms with van der Waals surface area (Å²) in [6.07, 6.45) is 8.32. The van der Waals surface area contributed by atoms with E-state index in [9.17, 15) is 9.18 Å². The van der Waals surface area contributed by atoms with Gasteiger partial charge < -0.3 is 4.74 Å². The Morgan fingerprint density at radius 2 is 1.94 bits per heavy atom. The first-order valence-corrected chi connectivity index (χ1v) is 6.63. The van der Waals surface area contributed by atoms with Crippen molar-refractivity contribution in [2.24, 2.45) is 17.8 Å². The number of rotatable bonds is 2. The first-order chi connectivity index (χ1) is 8.20. The van der Waals surface area contributed by atoms with Crippen LogP contribution in [-0.4, -0.2) is 13.1 Å². The summed E-state index contributed by atoms with van der Waals surface area (Å²) in [6.45, 7) is 0. The van der Waals surface area contributed by atoms with Gasteiger partial charge in [-0.25, -0.2) is 4.39 Å². The molecule has 0 aliphatic heterocycles. The number of methoxy groups -OCH3 is 1. The minimum absolute atomic E-state index is 0.0574. The zero-order valence-electron chi connectivity index (χ0n) is 10.5. The first-order valence-electron chi connectivity index (χ1n) is 6.63. The summed E-state index contributed by atoms with van der Waals surface area (Å²) in [5.41, 5.74) is 0. The third kappa shape index (κ3) is 3.08. The molecule has 2 aliphatic rings. The summed E-state index contributed by atoms with van der Waals surface area (Å²) in [4.78, 5) is 11.4. The normalized spacial score (nSPS) is 34.0. The van der Waals surface area contributed by atoms with Gasteiger partial charge in [-0.3, -0.25) is 4.79 Å². The molecule has 1 fully saturated rings. The molecule has 2 rings (SSSR count). The van der Waals surface area contributed by atoms with Crippen molar-refractivity contribution in [2.45, 2.75) is 44.9 Å².